The van der Waals surface area contributed by atoms with Crippen molar-refractivity contribution in [2.45, 2.75) is 31.9 Å². The standard InChI is InChI=1S/C10H16N2OS/c1-8-10(3-5-13-8)11-4-2-9-6-14-7-12-9/h6-8,10-11H,2-5H2,1H3. The molecule has 3 nitrogen and oxygen atoms in total. The highest BCUT2D eigenvalue weighted by atomic mass is 32.1. The molecule has 1 fully saturated rings. The van der Waals surface area contributed by atoms with Gasteiger partial charge in [0.15, 0.2) is 0 Å². The van der Waals surface area contributed by atoms with Crippen molar-refractivity contribution in [3.8, 4) is 0 Å². The predicted molar refractivity (Wildman–Crippen MR) is 57.6 cm³/mol. The zero-order valence-electron chi connectivity index (χ0n) is 8.40. The molecule has 1 aromatic heterocycles. The van der Waals surface area contributed by atoms with E-state index in [4.69, 9.17) is 4.74 Å². The average molecular weight is 212 g/mol. The number of nitrogens with zero attached hydrogens (tertiary/aromatic N) is 1. The highest BCUT2D eigenvalue weighted by Gasteiger charge is 2.22. The molecule has 2 rings (SSSR count). The summed E-state index contributed by atoms with van der Waals surface area (Å²) in [6.07, 6.45) is 2.52. The molecule has 2 heterocycles. The molecule has 0 saturated carbocycles. The van der Waals surface area contributed by atoms with Crippen molar-refractivity contribution in [2.24, 2.45) is 0 Å². The van der Waals surface area contributed by atoms with Crippen LogP contribution >= 0.6 is 11.3 Å². The summed E-state index contributed by atoms with van der Waals surface area (Å²) in [5.41, 5.74) is 3.07. The molecule has 14 heavy (non-hydrogen) atoms. The van der Waals surface area contributed by atoms with E-state index in [1.807, 2.05) is 5.51 Å². The third-order valence-electron chi connectivity index (χ3n) is 2.65. The lowest BCUT2D eigenvalue weighted by Gasteiger charge is -2.15. The van der Waals surface area contributed by atoms with Gasteiger partial charge in [-0.05, 0) is 13.3 Å². The normalized spacial score (nSPS) is 26.9. The first kappa shape index (κ1) is 10.1. The summed E-state index contributed by atoms with van der Waals surface area (Å²) in [5, 5.41) is 5.62. The molecule has 0 aliphatic carbocycles. The summed E-state index contributed by atoms with van der Waals surface area (Å²) in [4.78, 5) is 4.25. The summed E-state index contributed by atoms with van der Waals surface area (Å²) >= 11 is 1.66. The number of nitrogens with one attached hydrogen (secondary N) is 1. The van der Waals surface area contributed by atoms with Crippen molar-refractivity contribution in [1.82, 2.24) is 10.3 Å². The van der Waals surface area contributed by atoms with Crippen LogP contribution in [0.3, 0.4) is 0 Å². The Morgan fingerprint density at radius 2 is 2.64 bits per heavy atom. The second-order valence-corrected chi connectivity index (χ2v) is 4.37. The lowest BCUT2D eigenvalue weighted by Crippen LogP contribution is -2.35. The fourth-order valence-electron chi connectivity index (χ4n) is 1.75. The van der Waals surface area contributed by atoms with E-state index in [1.54, 1.807) is 11.3 Å². The summed E-state index contributed by atoms with van der Waals surface area (Å²) in [6.45, 7) is 4.03. The van der Waals surface area contributed by atoms with Crippen molar-refractivity contribution < 1.29 is 4.74 Å². The van der Waals surface area contributed by atoms with Gasteiger partial charge in [-0.2, -0.15) is 0 Å². The first-order valence-electron chi connectivity index (χ1n) is 5.08. The highest BCUT2D eigenvalue weighted by Crippen LogP contribution is 2.12. The minimum absolute atomic E-state index is 0.366. The quantitative estimate of drug-likeness (QED) is 0.820. The Bertz CT molecular complexity index is 263. The Balaban J connectivity index is 1.68. The van der Waals surface area contributed by atoms with E-state index in [0.29, 0.717) is 12.1 Å². The molecule has 0 spiro atoms. The number of hydrogen-bond donors (Lipinski definition) is 1. The van der Waals surface area contributed by atoms with Crippen LogP contribution in [0, 0.1) is 0 Å². The van der Waals surface area contributed by atoms with E-state index in [0.717, 1.165) is 26.0 Å². The fraction of sp³-hybridized carbons (Fsp3) is 0.700. The number of aromatic nitrogens is 1. The molecule has 2 unspecified atom stereocenters. The zero-order valence-corrected chi connectivity index (χ0v) is 9.22. The molecule has 1 aliphatic heterocycles. The lowest BCUT2D eigenvalue weighted by molar-refractivity contribution is 0.113. The van der Waals surface area contributed by atoms with Gasteiger partial charge in [0.1, 0.15) is 0 Å². The monoisotopic (exact) mass is 212 g/mol. The van der Waals surface area contributed by atoms with E-state index >= 15 is 0 Å². The molecular formula is C10H16N2OS. The van der Waals surface area contributed by atoms with Crippen LogP contribution in [0.2, 0.25) is 0 Å². The average Bonchev–Trinajstić information content (AvgIpc) is 2.78. The smallest absolute Gasteiger partial charge is 0.0794 e. The van der Waals surface area contributed by atoms with E-state index in [1.165, 1.54) is 5.69 Å². The molecule has 2 atom stereocenters. The fourth-order valence-corrected chi connectivity index (χ4v) is 2.34. The molecule has 0 bridgehead atoms. The SMILES string of the molecule is CC1OCCC1NCCc1cscn1. The van der Waals surface area contributed by atoms with Gasteiger partial charge in [0.25, 0.3) is 0 Å². The van der Waals surface area contributed by atoms with Gasteiger partial charge in [-0.25, -0.2) is 4.98 Å². The van der Waals surface area contributed by atoms with Crippen LogP contribution in [-0.2, 0) is 11.2 Å². The molecule has 4 heteroatoms. The largest absolute Gasteiger partial charge is 0.377 e. The highest BCUT2D eigenvalue weighted by molar-refractivity contribution is 7.07. The topological polar surface area (TPSA) is 34.1 Å². The number of thiazole rings is 1. The Morgan fingerprint density at radius 1 is 1.71 bits per heavy atom. The summed E-state index contributed by atoms with van der Waals surface area (Å²) < 4.78 is 5.48. The maximum Gasteiger partial charge on any atom is 0.0794 e. The van der Waals surface area contributed by atoms with Crippen LogP contribution in [0.25, 0.3) is 0 Å². The van der Waals surface area contributed by atoms with Crippen LogP contribution in [-0.4, -0.2) is 30.3 Å². The van der Waals surface area contributed by atoms with Gasteiger partial charge < -0.3 is 10.1 Å². The minimum Gasteiger partial charge on any atom is -0.377 e. The summed E-state index contributed by atoms with van der Waals surface area (Å²) in [7, 11) is 0. The number of hydrogen-bond acceptors (Lipinski definition) is 4. The van der Waals surface area contributed by atoms with Crippen molar-refractivity contribution >= 4 is 11.3 Å². The van der Waals surface area contributed by atoms with Gasteiger partial charge in [-0.1, -0.05) is 0 Å². The molecule has 0 amide bonds. The molecule has 0 aromatic carbocycles. The van der Waals surface area contributed by atoms with Gasteiger partial charge in [-0.15, -0.1) is 11.3 Å². The van der Waals surface area contributed by atoms with E-state index in [-0.39, 0.29) is 0 Å². The maximum atomic E-state index is 5.48. The maximum absolute atomic E-state index is 5.48. The van der Waals surface area contributed by atoms with Crippen molar-refractivity contribution in [1.29, 1.82) is 0 Å². The van der Waals surface area contributed by atoms with Crippen LogP contribution in [0.5, 0.6) is 0 Å². The zero-order chi connectivity index (χ0) is 9.80. The second-order valence-electron chi connectivity index (χ2n) is 3.65. The van der Waals surface area contributed by atoms with Crippen LogP contribution < -0.4 is 5.32 Å². The van der Waals surface area contributed by atoms with Crippen LogP contribution in [0.4, 0.5) is 0 Å². The van der Waals surface area contributed by atoms with E-state index in [2.05, 4.69) is 22.6 Å². The molecular weight excluding hydrogens is 196 g/mol. The minimum atomic E-state index is 0.366. The Labute approximate surface area is 88.5 Å². The summed E-state index contributed by atoms with van der Waals surface area (Å²) in [5.74, 6) is 0. The molecule has 1 aromatic rings. The van der Waals surface area contributed by atoms with Crippen molar-refractivity contribution in [3.63, 3.8) is 0 Å². The van der Waals surface area contributed by atoms with Crippen LogP contribution in [0.15, 0.2) is 10.9 Å². The Hall–Kier alpha value is -0.450. The third-order valence-corrected chi connectivity index (χ3v) is 3.28. The van der Waals surface area contributed by atoms with Crippen molar-refractivity contribution in [2.75, 3.05) is 13.2 Å². The first-order valence-corrected chi connectivity index (χ1v) is 6.02. The second kappa shape index (κ2) is 4.87. The van der Waals surface area contributed by atoms with E-state index in [9.17, 15) is 0 Å². The van der Waals surface area contributed by atoms with Gasteiger partial charge in [0, 0.05) is 31.0 Å². The molecule has 78 valence electrons. The van der Waals surface area contributed by atoms with E-state index < -0.39 is 0 Å². The molecule has 1 N–H and O–H groups in total. The van der Waals surface area contributed by atoms with Gasteiger partial charge in [-0.3, -0.25) is 0 Å². The van der Waals surface area contributed by atoms with Gasteiger partial charge >= 0.3 is 0 Å². The third kappa shape index (κ3) is 2.53. The lowest BCUT2D eigenvalue weighted by atomic mass is 10.1. The van der Waals surface area contributed by atoms with Crippen LogP contribution in [0.1, 0.15) is 19.0 Å². The first-order chi connectivity index (χ1) is 6.86. The Morgan fingerprint density at radius 3 is 3.29 bits per heavy atom. The van der Waals surface area contributed by atoms with Crippen molar-refractivity contribution in [3.05, 3.63) is 16.6 Å². The summed E-state index contributed by atoms with van der Waals surface area (Å²) in [6, 6.07) is 0.536. The molecule has 0 radical (unpaired) electrons. The van der Waals surface area contributed by atoms with Gasteiger partial charge in [0.05, 0.1) is 17.3 Å². The molecule has 1 saturated heterocycles. The Kier molecular flexibility index (Phi) is 3.50. The predicted octanol–water partition coefficient (Wildman–Crippen LogP) is 1.45. The molecule has 1 aliphatic rings. The van der Waals surface area contributed by atoms with Gasteiger partial charge in [0.2, 0.25) is 0 Å². The number of rotatable bonds is 4. The number of ether oxygens (including phenoxy) is 1.